The maximum atomic E-state index is 12.6. The molecule has 3 aromatic rings. The van der Waals surface area contributed by atoms with Gasteiger partial charge in [-0.3, -0.25) is 10.1 Å². The van der Waals surface area contributed by atoms with E-state index in [0.717, 1.165) is 16.1 Å². The highest BCUT2D eigenvalue weighted by atomic mass is 32.2. The summed E-state index contributed by atoms with van der Waals surface area (Å²) in [5, 5.41) is 3.36. The Morgan fingerprint density at radius 1 is 1.07 bits per heavy atom. The van der Waals surface area contributed by atoms with Crippen molar-refractivity contribution in [2.45, 2.75) is 31.6 Å². The van der Waals surface area contributed by atoms with Crippen LogP contribution < -0.4 is 5.32 Å². The quantitative estimate of drug-likeness (QED) is 0.617. The summed E-state index contributed by atoms with van der Waals surface area (Å²) < 4.78 is 23.8. The predicted molar refractivity (Wildman–Crippen MR) is 114 cm³/mol. The molecular formula is C21H22N2O3S2. The Hall–Kier alpha value is -2.51. The van der Waals surface area contributed by atoms with Crippen LogP contribution in [0.5, 0.6) is 0 Å². The van der Waals surface area contributed by atoms with Crippen LogP contribution in [-0.4, -0.2) is 25.1 Å². The number of sulfone groups is 1. The minimum absolute atomic E-state index is 0.0257. The van der Waals surface area contributed by atoms with Gasteiger partial charge in [-0.1, -0.05) is 51.1 Å². The third kappa shape index (κ3) is 4.31. The largest absolute Gasteiger partial charge is 0.298 e. The molecule has 0 aliphatic carbocycles. The van der Waals surface area contributed by atoms with Crippen LogP contribution in [-0.2, 0) is 9.84 Å². The van der Waals surface area contributed by atoms with Gasteiger partial charge in [-0.05, 0) is 30.2 Å². The number of benzene rings is 2. The normalized spacial score (nSPS) is 11.6. The van der Waals surface area contributed by atoms with Crippen molar-refractivity contribution in [1.29, 1.82) is 0 Å². The molecule has 0 saturated heterocycles. The standard InChI is InChI=1S/C21H22N2O3S2/c1-4-28(25,26)17-12-10-16(11-13-17)20(24)23-21-22-18(19(27-21)14(2)3)15-8-6-5-7-9-15/h5-14H,4H2,1-3H3,(H,22,23,24). The topological polar surface area (TPSA) is 76.1 Å². The number of amides is 1. The molecule has 28 heavy (non-hydrogen) atoms. The van der Waals surface area contributed by atoms with Crippen LogP contribution in [0.25, 0.3) is 11.3 Å². The van der Waals surface area contributed by atoms with Crippen molar-refractivity contribution in [3.8, 4) is 11.3 Å². The monoisotopic (exact) mass is 414 g/mol. The van der Waals surface area contributed by atoms with E-state index < -0.39 is 9.84 Å². The van der Waals surface area contributed by atoms with Gasteiger partial charge in [-0.2, -0.15) is 0 Å². The fraction of sp³-hybridized carbons (Fsp3) is 0.238. The summed E-state index contributed by atoms with van der Waals surface area (Å²) in [4.78, 5) is 18.5. The van der Waals surface area contributed by atoms with E-state index in [0.29, 0.717) is 10.7 Å². The fourth-order valence-corrected chi connectivity index (χ4v) is 4.60. The number of thiazole rings is 1. The lowest BCUT2D eigenvalue weighted by Gasteiger charge is -2.04. The molecule has 0 fully saturated rings. The first-order valence-corrected chi connectivity index (χ1v) is 11.5. The summed E-state index contributed by atoms with van der Waals surface area (Å²) in [5.74, 6) is -0.0150. The number of hydrogen-bond donors (Lipinski definition) is 1. The number of aromatic nitrogens is 1. The summed E-state index contributed by atoms with van der Waals surface area (Å²) in [5.41, 5.74) is 2.27. The molecule has 0 radical (unpaired) electrons. The Labute approximate surface area is 169 Å². The lowest BCUT2D eigenvalue weighted by molar-refractivity contribution is 0.102. The number of rotatable bonds is 6. The molecule has 0 aliphatic rings. The minimum atomic E-state index is -3.28. The maximum absolute atomic E-state index is 12.6. The van der Waals surface area contributed by atoms with E-state index in [9.17, 15) is 13.2 Å². The van der Waals surface area contributed by atoms with Gasteiger partial charge in [-0.15, -0.1) is 11.3 Å². The van der Waals surface area contributed by atoms with Crippen LogP contribution in [0.15, 0.2) is 59.5 Å². The predicted octanol–water partition coefficient (Wildman–Crippen LogP) is 4.98. The number of carbonyl (C=O) groups is 1. The van der Waals surface area contributed by atoms with Crippen molar-refractivity contribution >= 4 is 32.2 Å². The third-order valence-corrected chi connectivity index (χ3v) is 7.32. The van der Waals surface area contributed by atoms with Gasteiger partial charge in [0.1, 0.15) is 0 Å². The molecule has 5 nitrogen and oxygen atoms in total. The second-order valence-corrected chi connectivity index (χ2v) is 9.94. The van der Waals surface area contributed by atoms with E-state index in [-0.39, 0.29) is 22.5 Å². The highest BCUT2D eigenvalue weighted by molar-refractivity contribution is 7.91. The maximum Gasteiger partial charge on any atom is 0.257 e. The van der Waals surface area contributed by atoms with Crippen molar-refractivity contribution < 1.29 is 13.2 Å². The van der Waals surface area contributed by atoms with Crippen LogP contribution in [0, 0.1) is 0 Å². The molecule has 1 aromatic heterocycles. The summed E-state index contributed by atoms with van der Waals surface area (Å²) in [6.45, 7) is 5.78. The second kappa shape index (κ2) is 8.24. The zero-order valence-corrected chi connectivity index (χ0v) is 17.6. The molecule has 0 aliphatic heterocycles. The van der Waals surface area contributed by atoms with Gasteiger partial charge in [0.2, 0.25) is 0 Å². The van der Waals surface area contributed by atoms with E-state index in [4.69, 9.17) is 0 Å². The average Bonchev–Trinajstić information content (AvgIpc) is 3.13. The number of nitrogens with zero attached hydrogens (tertiary/aromatic N) is 1. The highest BCUT2D eigenvalue weighted by Crippen LogP contribution is 2.36. The first-order valence-electron chi connectivity index (χ1n) is 9.02. The molecule has 3 rings (SSSR count). The number of hydrogen-bond acceptors (Lipinski definition) is 5. The van der Waals surface area contributed by atoms with Crippen LogP contribution in [0.3, 0.4) is 0 Å². The summed E-state index contributed by atoms with van der Waals surface area (Å²) in [6.07, 6.45) is 0. The van der Waals surface area contributed by atoms with Gasteiger partial charge in [0.15, 0.2) is 15.0 Å². The Morgan fingerprint density at radius 3 is 2.29 bits per heavy atom. The van der Waals surface area contributed by atoms with Crippen LogP contribution in [0.1, 0.15) is 41.9 Å². The van der Waals surface area contributed by atoms with Crippen LogP contribution in [0.4, 0.5) is 5.13 Å². The van der Waals surface area contributed by atoms with E-state index in [1.54, 1.807) is 6.92 Å². The fourth-order valence-electron chi connectivity index (χ4n) is 2.73. The minimum Gasteiger partial charge on any atom is -0.298 e. The number of carbonyl (C=O) groups excluding carboxylic acids is 1. The zero-order chi connectivity index (χ0) is 20.3. The lowest BCUT2D eigenvalue weighted by atomic mass is 10.1. The van der Waals surface area contributed by atoms with Gasteiger partial charge in [-0.25, -0.2) is 13.4 Å². The zero-order valence-electron chi connectivity index (χ0n) is 16.0. The van der Waals surface area contributed by atoms with Crippen LogP contribution >= 0.6 is 11.3 Å². The number of nitrogens with one attached hydrogen (secondary N) is 1. The molecule has 2 aromatic carbocycles. The molecular weight excluding hydrogens is 392 g/mol. The Balaban J connectivity index is 1.85. The van der Waals surface area contributed by atoms with E-state index in [1.165, 1.54) is 35.6 Å². The molecule has 1 amide bonds. The lowest BCUT2D eigenvalue weighted by Crippen LogP contribution is -2.12. The highest BCUT2D eigenvalue weighted by Gasteiger charge is 2.18. The molecule has 0 saturated carbocycles. The van der Waals surface area contributed by atoms with Gasteiger partial charge >= 0.3 is 0 Å². The molecule has 0 spiro atoms. The summed E-state index contributed by atoms with van der Waals surface area (Å²) in [7, 11) is -3.28. The van der Waals surface area contributed by atoms with E-state index in [1.807, 2.05) is 30.3 Å². The molecule has 1 N–H and O–H groups in total. The Bertz CT molecular complexity index is 1070. The van der Waals surface area contributed by atoms with Gasteiger partial charge < -0.3 is 0 Å². The molecule has 7 heteroatoms. The van der Waals surface area contributed by atoms with Crippen molar-refractivity contribution in [3.05, 3.63) is 65.0 Å². The van der Waals surface area contributed by atoms with E-state index in [2.05, 4.69) is 24.1 Å². The SMILES string of the molecule is CCS(=O)(=O)c1ccc(C(=O)Nc2nc(-c3ccccc3)c(C(C)C)s2)cc1. The molecule has 0 bridgehead atoms. The Kier molecular flexibility index (Phi) is 5.96. The molecule has 146 valence electrons. The molecule has 1 heterocycles. The average molecular weight is 415 g/mol. The van der Waals surface area contributed by atoms with Crippen molar-refractivity contribution in [2.75, 3.05) is 11.1 Å². The number of anilines is 1. The summed E-state index contributed by atoms with van der Waals surface area (Å²) in [6, 6.07) is 15.8. The van der Waals surface area contributed by atoms with Crippen LogP contribution in [0.2, 0.25) is 0 Å². The van der Waals surface area contributed by atoms with E-state index >= 15 is 0 Å². The van der Waals surface area contributed by atoms with Crippen molar-refractivity contribution in [2.24, 2.45) is 0 Å². The molecule has 0 atom stereocenters. The summed E-state index contributed by atoms with van der Waals surface area (Å²) >= 11 is 1.46. The Morgan fingerprint density at radius 2 is 1.71 bits per heavy atom. The second-order valence-electron chi connectivity index (χ2n) is 6.63. The smallest absolute Gasteiger partial charge is 0.257 e. The molecule has 0 unspecified atom stereocenters. The van der Waals surface area contributed by atoms with Gasteiger partial charge in [0.05, 0.1) is 16.3 Å². The first kappa shape index (κ1) is 20.2. The van der Waals surface area contributed by atoms with Crippen molar-refractivity contribution in [3.63, 3.8) is 0 Å². The third-order valence-electron chi connectivity index (χ3n) is 4.30. The van der Waals surface area contributed by atoms with Crippen molar-refractivity contribution in [1.82, 2.24) is 4.98 Å². The van der Waals surface area contributed by atoms with Gasteiger partial charge in [0, 0.05) is 16.0 Å². The van der Waals surface area contributed by atoms with Gasteiger partial charge in [0.25, 0.3) is 5.91 Å². The first-order chi connectivity index (χ1) is 13.3.